The van der Waals surface area contributed by atoms with Crippen LogP contribution in [-0.4, -0.2) is 13.7 Å². The first-order chi connectivity index (χ1) is 59.2. The molecule has 3 aliphatic heterocycles. The Morgan fingerprint density at radius 2 is 0.558 bits per heavy atom. The van der Waals surface area contributed by atoms with E-state index in [1.165, 1.54) is 51.1 Å². The van der Waals surface area contributed by atoms with Crippen molar-refractivity contribution in [1.29, 1.82) is 0 Å². The third-order valence-corrected chi connectivity index (χ3v) is 36.9. The van der Waals surface area contributed by atoms with E-state index in [4.69, 9.17) is 4.42 Å². The molecule has 0 amide bonds. The number of benzene rings is 18. The summed E-state index contributed by atoms with van der Waals surface area (Å²) in [6.45, 7) is 0. The molecule has 3 unspecified atom stereocenters. The Kier molecular flexibility index (Phi) is 15.3. The number of para-hydroxylation sites is 4. The second-order valence-electron chi connectivity index (χ2n) is 31.4. The van der Waals surface area contributed by atoms with E-state index in [0.717, 1.165) is 175 Å². The van der Waals surface area contributed by atoms with Crippen LogP contribution in [0.25, 0.3) is 178 Å². The Hall–Kier alpha value is -13.7. The molecule has 7 nitrogen and oxygen atoms in total. The number of rotatable bonds is 6. The van der Waals surface area contributed by atoms with Crippen LogP contribution in [0.15, 0.2) is 405 Å². The van der Waals surface area contributed by atoms with Gasteiger partial charge in [-0.05, 0) is 149 Å². The fourth-order valence-corrected chi connectivity index (χ4v) is 31.4. The lowest BCUT2D eigenvalue weighted by molar-refractivity contribution is 0.592. The van der Waals surface area contributed by atoms with Crippen molar-refractivity contribution >= 4 is 220 Å². The number of hydrogen-bond acceptors (Lipinski definition) is 6. The monoisotopic (exact) mass is 1630 g/mol. The number of nitrogens with zero attached hydrogens (tertiary/aromatic N) is 3. The maximum absolute atomic E-state index is 15.2. The highest BCUT2D eigenvalue weighted by Crippen LogP contribution is 2.58. The first kappa shape index (κ1) is 69.4. The van der Waals surface area contributed by atoms with Crippen molar-refractivity contribution < 1.29 is 18.1 Å². The Balaban J connectivity index is 0.0000000997. The molecule has 0 bridgehead atoms. The van der Waals surface area contributed by atoms with Crippen LogP contribution in [0.3, 0.4) is 0 Å². The van der Waals surface area contributed by atoms with E-state index < -0.39 is 21.4 Å². The van der Waals surface area contributed by atoms with E-state index in [0.29, 0.717) is 0 Å². The van der Waals surface area contributed by atoms with E-state index in [1.807, 2.05) is 162 Å². The van der Waals surface area contributed by atoms with Crippen LogP contribution < -0.4 is 47.7 Å². The van der Waals surface area contributed by atoms with Crippen LogP contribution in [0.2, 0.25) is 0 Å². The summed E-state index contributed by atoms with van der Waals surface area (Å²) in [6.07, 6.45) is 0. The van der Waals surface area contributed by atoms with E-state index in [2.05, 4.69) is 275 Å². The van der Waals surface area contributed by atoms with Gasteiger partial charge in [0.2, 0.25) is 0 Å². The number of fused-ring (bicyclic) bond motifs is 27. The number of thiophene rings is 2. The Morgan fingerprint density at radius 3 is 1.05 bits per heavy atom. The topological polar surface area (TPSA) is 79.1 Å². The third-order valence-electron chi connectivity index (χ3n) is 25.2. The van der Waals surface area contributed by atoms with Gasteiger partial charge in [-0.1, -0.05) is 285 Å². The fourth-order valence-electron chi connectivity index (χ4n) is 20.0. The first-order valence-corrected chi connectivity index (χ1v) is 47.2. The van der Waals surface area contributed by atoms with E-state index in [1.54, 1.807) is 0 Å². The maximum atomic E-state index is 15.2. The molecule has 27 rings (SSSR count). The zero-order valence-electron chi connectivity index (χ0n) is 64.2. The van der Waals surface area contributed by atoms with Gasteiger partial charge in [0.15, 0.2) is 21.4 Å². The second-order valence-corrected chi connectivity index (χ2v) is 41.7. The molecule has 0 aliphatic carbocycles. The largest absolute Gasteiger partial charge is 0.456 e. The Labute approximate surface area is 696 Å². The average molecular weight is 1630 g/mol. The molecule has 12 heteroatoms. The van der Waals surface area contributed by atoms with Gasteiger partial charge in [0.1, 0.15) is 11.2 Å². The standard InChI is InChI=1S/C36H22NO2P.2C36H22NOPS/c38-40(23-11-2-1-3-12-23)34-20-9-6-14-25(34)28-21-31-27(22-35(28)40)24-13-4-7-16-29(24)37(31)30-17-10-19-33-36(30)26-15-5-8-18-32(26)39-33;38-39(24-10-2-1-3-11-24)33-16-8-5-13-26(33)29-21-32-28(22-34(29)39)25-12-4-7-15-31(25)37(32)23-18-19-36-30(20-23)27-14-6-9-17-35(27)40-36;38-39(24-10-2-1-3-11-24)33-16-8-5-13-26(33)30-21-32-29(22-34(30)39)25-12-4-7-15-31(25)37(32)23-18-19-28-27-14-6-9-17-35(27)40-36(28)20-23/h3*1-22H. The van der Waals surface area contributed by atoms with Gasteiger partial charge in [0, 0.05) is 137 Å². The fraction of sp³-hybridized carbons (Fsp3) is 0. The summed E-state index contributed by atoms with van der Waals surface area (Å²) in [5, 5.41) is 22.5. The molecular formula is C108H66N3O4P3S2. The SMILES string of the molecule is O=P1(c2ccccc2)c2ccccc2-c2cc3c(cc21)c1ccccc1n3-c1ccc2c(c1)sc1ccccc12.O=P1(c2ccccc2)c2ccccc2-c2cc3c(cc21)c1ccccc1n3-c1ccc2sc3ccccc3c2c1.O=P1(c2ccccc2)c2ccccc2-c2cc3c(cc21)c1ccccc1n3-c1cccc2oc3ccccc3c12. The molecule has 9 heterocycles. The number of aromatic nitrogens is 3. The van der Waals surface area contributed by atoms with E-state index in [9.17, 15) is 0 Å². The highest BCUT2D eigenvalue weighted by atomic mass is 32.1. The van der Waals surface area contributed by atoms with Crippen LogP contribution >= 0.6 is 44.1 Å². The van der Waals surface area contributed by atoms with Crippen LogP contribution in [0.4, 0.5) is 0 Å². The molecule has 0 radical (unpaired) electrons. The highest BCUT2D eigenvalue weighted by molar-refractivity contribution is 7.87. The lowest BCUT2D eigenvalue weighted by Crippen LogP contribution is -2.20. The second kappa shape index (κ2) is 26.4. The van der Waals surface area contributed by atoms with Crippen molar-refractivity contribution in [2.24, 2.45) is 0 Å². The quantitative estimate of drug-likeness (QED) is 0.155. The number of hydrogen-bond donors (Lipinski definition) is 0. The van der Waals surface area contributed by atoms with Gasteiger partial charge in [-0.3, -0.25) is 0 Å². The van der Waals surface area contributed by atoms with E-state index >= 15 is 13.7 Å². The predicted octanol–water partition coefficient (Wildman–Crippen LogP) is 25.8. The van der Waals surface area contributed by atoms with Crippen molar-refractivity contribution in [3.63, 3.8) is 0 Å². The zero-order chi connectivity index (χ0) is 79.3. The van der Waals surface area contributed by atoms with Crippen LogP contribution in [0, 0.1) is 0 Å². The summed E-state index contributed by atoms with van der Waals surface area (Å²) in [5.41, 5.74) is 18.3. The molecule has 3 aliphatic rings. The Bertz CT molecular complexity index is 8680. The molecule has 6 aromatic heterocycles. The van der Waals surface area contributed by atoms with Crippen molar-refractivity contribution in [2.45, 2.75) is 0 Å². The van der Waals surface area contributed by atoms with Gasteiger partial charge >= 0.3 is 0 Å². The normalized spacial score (nSPS) is 16.2. The summed E-state index contributed by atoms with van der Waals surface area (Å²) in [7, 11) is -9.04. The summed E-state index contributed by atoms with van der Waals surface area (Å²) < 4.78 is 64.0. The zero-order valence-corrected chi connectivity index (χ0v) is 68.6. The minimum Gasteiger partial charge on any atom is -0.456 e. The summed E-state index contributed by atoms with van der Waals surface area (Å²) >= 11 is 3.68. The van der Waals surface area contributed by atoms with Crippen LogP contribution in [0.1, 0.15) is 0 Å². The van der Waals surface area contributed by atoms with Crippen molar-refractivity contribution in [1.82, 2.24) is 13.7 Å². The van der Waals surface area contributed by atoms with Gasteiger partial charge in [-0.15, -0.1) is 22.7 Å². The smallest absolute Gasteiger partial charge is 0.172 e. The predicted molar refractivity (Wildman–Crippen MR) is 511 cm³/mol. The minimum absolute atomic E-state index is 0.865. The van der Waals surface area contributed by atoms with Crippen molar-refractivity contribution in [3.05, 3.63) is 400 Å². The molecule has 0 fully saturated rings. The minimum atomic E-state index is -3.03. The van der Waals surface area contributed by atoms with Crippen LogP contribution in [-0.2, 0) is 13.7 Å². The lowest BCUT2D eigenvalue weighted by Gasteiger charge is -2.16. The summed E-state index contributed by atoms with van der Waals surface area (Å²) in [5.74, 6) is 0. The van der Waals surface area contributed by atoms with Gasteiger partial charge in [-0.2, -0.15) is 0 Å². The van der Waals surface area contributed by atoms with Gasteiger partial charge < -0.3 is 31.8 Å². The van der Waals surface area contributed by atoms with Crippen molar-refractivity contribution in [3.8, 4) is 50.4 Å². The molecule has 564 valence electrons. The lowest BCUT2D eigenvalue weighted by atomic mass is 10.0. The molecule has 0 saturated heterocycles. The maximum Gasteiger partial charge on any atom is 0.172 e. The van der Waals surface area contributed by atoms with Crippen LogP contribution in [0.5, 0.6) is 0 Å². The molecule has 120 heavy (non-hydrogen) atoms. The molecule has 0 saturated carbocycles. The molecule has 0 spiro atoms. The summed E-state index contributed by atoms with van der Waals surface area (Å²) in [6, 6.07) is 139. The van der Waals surface area contributed by atoms with Gasteiger partial charge in [-0.25, -0.2) is 0 Å². The highest BCUT2D eigenvalue weighted by Gasteiger charge is 2.44. The number of furan rings is 1. The first-order valence-electron chi connectivity index (χ1n) is 40.4. The third kappa shape index (κ3) is 9.90. The summed E-state index contributed by atoms with van der Waals surface area (Å²) in [4.78, 5) is 0. The molecule has 0 N–H and O–H groups in total. The molecule has 18 aromatic carbocycles. The molecule has 24 aromatic rings. The van der Waals surface area contributed by atoms with Gasteiger partial charge in [0.25, 0.3) is 0 Å². The Morgan fingerprint density at radius 1 is 0.208 bits per heavy atom. The van der Waals surface area contributed by atoms with E-state index in [-0.39, 0.29) is 0 Å². The molecule has 3 atom stereocenters. The van der Waals surface area contributed by atoms with Crippen molar-refractivity contribution in [2.75, 3.05) is 0 Å². The average Bonchev–Trinajstić information content (AvgIpc) is 1.54. The van der Waals surface area contributed by atoms with Gasteiger partial charge in [0.05, 0.1) is 44.2 Å². The molecular weight excluding hydrogens is 1560 g/mol.